The standard InChI is InChI=1S/C14H13N3S/c1-17-13-7-10(9-18)4-5-12(13)16-14(17)11-3-2-6-15-8-11/h2-8,18H,9H2,1H3. The number of nitrogens with zero attached hydrogens (tertiary/aromatic N) is 3. The van der Waals surface area contributed by atoms with E-state index in [1.165, 1.54) is 5.56 Å². The van der Waals surface area contributed by atoms with E-state index in [0.717, 1.165) is 28.2 Å². The molecule has 0 unspecified atom stereocenters. The highest BCUT2D eigenvalue weighted by Crippen LogP contribution is 2.24. The van der Waals surface area contributed by atoms with Gasteiger partial charge in [-0.1, -0.05) is 6.07 Å². The van der Waals surface area contributed by atoms with E-state index in [1.54, 1.807) is 6.20 Å². The van der Waals surface area contributed by atoms with Gasteiger partial charge >= 0.3 is 0 Å². The van der Waals surface area contributed by atoms with Gasteiger partial charge in [-0.15, -0.1) is 0 Å². The van der Waals surface area contributed by atoms with Crippen molar-refractivity contribution in [1.29, 1.82) is 0 Å². The number of hydrogen-bond donors (Lipinski definition) is 1. The summed E-state index contributed by atoms with van der Waals surface area (Å²) in [5.41, 5.74) is 4.36. The quantitative estimate of drug-likeness (QED) is 0.713. The molecule has 0 spiro atoms. The average Bonchev–Trinajstić information content (AvgIpc) is 2.77. The molecule has 2 heterocycles. The van der Waals surface area contributed by atoms with Crippen LogP contribution in [0.5, 0.6) is 0 Å². The van der Waals surface area contributed by atoms with E-state index in [1.807, 2.05) is 31.4 Å². The molecule has 0 amide bonds. The Morgan fingerprint density at radius 2 is 2.17 bits per heavy atom. The molecule has 3 nitrogen and oxygen atoms in total. The van der Waals surface area contributed by atoms with Crippen LogP contribution in [0.2, 0.25) is 0 Å². The molecule has 0 radical (unpaired) electrons. The summed E-state index contributed by atoms with van der Waals surface area (Å²) in [5.74, 6) is 1.68. The molecule has 18 heavy (non-hydrogen) atoms. The summed E-state index contributed by atoms with van der Waals surface area (Å²) in [6.45, 7) is 0. The molecule has 0 aliphatic heterocycles. The zero-order valence-electron chi connectivity index (χ0n) is 10.0. The predicted molar refractivity (Wildman–Crippen MR) is 76.6 cm³/mol. The minimum Gasteiger partial charge on any atom is -0.327 e. The number of thiol groups is 1. The number of aryl methyl sites for hydroxylation is 1. The van der Waals surface area contributed by atoms with Crippen molar-refractivity contribution in [2.24, 2.45) is 7.05 Å². The molecule has 1 aromatic carbocycles. The highest BCUT2D eigenvalue weighted by Gasteiger charge is 2.09. The molecule has 0 aliphatic carbocycles. The summed E-state index contributed by atoms with van der Waals surface area (Å²) in [4.78, 5) is 8.80. The van der Waals surface area contributed by atoms with Gasteiger partial charge in [0.1, 0.15) is 5.82 Å². The van der Waals surface area contributed by atoms with Crippen LogP contribution < -0.4 is 0 Å². The molecule has 0 fully saturated rings. The Bertz CT molecular complexity index is 689. The van der Waals surface area contributed by atoms with E-state index in [9.17, 15) is 0 Å². The van der Waals surface area contributed by atoms with Crippen LogP contribution in [0.3, 0.4) is 0 Å². The van der Waals surface area contributed by atoms with Crippen LogP contribution in [0.1, 0.15) is 5.56 Å². The van der Waals surface area contributed by atoms with Crippen LogP contribution in [-0.4, -0.2) is 14.5 Å². The van der Waals surface area contributed by atoms with Crippen molar-refractivity contribution < 1.29 is 0 Å². The van der Waals surface area contributed by atoms with Crippen LogP contribution >= 0.6 is 12.6 Å². The van der Waals surface area contributed by atoms with Gasteiger partial charge in [0.05, 0.1) is 11.0 Å². The fourth-order valence-electron chi connectivity index (χ4n) is 2.09. The first-order valence-corrected chi connectivity index (χ1v) is 6.39. The summed E-state index contributed by atoms with van der Waals surface area (Å²) >= 11 is 4.31. The van der Waals surface area contributed by atoms with Crippen LogP contribution in [0.25, 0.3) is 22.4 Å². The van der Waals surface area contributed by atoms with Gasteiger partial charge in [0.15, 0.2) is 0 Å². The van der Waals surface area contributed by atoms with Gasteiger partial charge in [-0.05, 0) is 29.8 Å². The van der Waals surface area contributed by atoms with E-state index < -0.39 is 0 Å². The number of imidazole rings is 1. The Balaban J connectivity index is 2.23. The fraction of sp³-hybridized carbons (Fsp3) is 0.143. The summed E-state index contributed by atoms with van der Waals surface area (Å²) in [6, 6.07) is 10.2. The van der Waals surface area contributed by atoms with Crippen LogP contribution in [0.4, 0.5) is 0 Å². The fourth-order valence-corrected chi connectivity index (χ4v) is 2.28. The van der Waals surface area contributed by atoms with Crippen molar-refractivity contribution in [3.63, 3.8) is 0 Å². The zero-order chi connectivity index (χ0) is 12.5. The maximum absolute atomic E-state index is 4.66. The SMILES string of the molecule is Cn1c(-c2cccnc2)nc2ccc(CS)cc21. The predicted octanol–water partition coefficient (Wildman–Crippen LogP) is 3.07. The van der Waals surface area contributed by atoms with Gasteiger partial charge in [0.25, 0.3) is 0 Å². The second-order valence-corrected chi connectivity index (χ2v) is 4.53. The van der Waals surface area contributed by atoms with Crippen molar-refractivity contribution >= 4 is 23.7 Å². The summed E-state index contributed by atoms with van der Waals surface area (Å²) in [7, 11) is 2.03. The Morgan fingerprint density at radius 1 is 1.28 bits per heavy atom. The molecule has 0 saturated heterocycles. The lowest BCUT2D eigenvalue weighted by molar-refractivity contribution is 0.957. The Labute approximate surface area is 111 Å². The van der Waals surface area contributed by atoms with Gasteiger partial charge in [0.2, 0.25) is 0 Å². The second kappa shape index (κ2) is 4.46. The minimum absolute atomic E-state index is 0.739. The molecule has 4 heteroatoms. The van der Waals surface area contributed by atoms with Crippen molar-refractivity contribution in [2.75, 3.05) is 0 Å². The summed E-state index contributed by atoms with van der Waals surface area (Å²) < 4.78 is 2.10. The van der Waals surface area contributed by atoms with Gasteiger partial charge in [-0.25, -0.2) is 4.98 Å². The number of benzene rings is 1. The van der Waals surface area contributed by atoms with Gasteiger partial charge in [-0.3, -0.25) is 4.98 Å². The third kappa shape index (κ3) is 1.78. The average molecular weight is 255 g/mol. The van der Waals surface area contributed by atoms with E-state index >= 15 is 0 Å². The number of fused-ring (bicyclic) bond motifs is 1. The van der Waals surface area contributed by atoms with Gasteiger partial charge in [-0.2, -0.15) is 12.6 Å². The maximum Gasteiger partial charge on any atom is 0.142 e. The normalized spacial score (nSPS) is 11.0. The van der Waals surface area contributed by atoms with Gasteiger partial charge in [0, 0.05) is 30.8 Å². The largest absolute Gasteiger partial charge is 0.327 e. The topological polar surface area (TPSA) is 30.7 Å². The first kappa shape index (κ1) is 11.3. The van der Waals surface area contributed by atoms with Crippen molar-refractivity contribution in [2.45, 2.75) is 5.75 Å². The van der Waals surface area contributed by atoms with E-state index in [0.29, 0.717) is 0 Å². The lowest BCUT2D eigenvalue weighted by Crippen LogP contribution is -1.92. The van der Waals surface area contributed by atoms with Crippen molar-refractivity contribution in [3.05, 3.63) is 48.3 Å². The molecule has 3 aromatic rings. The van der Waals surface area contributed by atoms with E-state index in [2.05, 4.69) is 39.3 Å². The summed E-state index contributed by atoms with van der Waals surface area (Å²) in [5, 5.41) is 0. The lowest BCUT2D eigenvalue weighted by atomic mass is 10.2. The molecule has 0 aliphatic rings. The van der Waals surface area contributed by atoms with Crippen molar-refractivity contribution in [1.82, 2.24) is 14.5 Å². The zero-order valence-corrected chi connectivity index (χ0v) is 10.9. The first-order valence-electron chi connectivity index (χ1n) is 5.76. The lowest BCUT2D eigenvalue weighted by Gasteiger charge is -2.02. The molecule has 3 rings (SSSR count). The third-order valence-electron chi connectivity index (χ3n) is 3.05. The Kier molecular flexibility index (Phi) is 2.80. The summed E-state index contributed by atoms with van der Waals surface area (Å²) in [6.07, 6.45) is 3.60. The molecule has 2 aromatic heterocycles. The van der Waals surface area contributed by atoms with Crippen LogP contribution in [0.15, 0.2) is 42.7 Å². The molecule has 0 saturated carbocycles. The van der Waals surface area contributed by atoms with E-state index in [4.69, 9.17) is 0 Å². The molecular weight excluding hydrogens is 242 g/mol. The number of aromatic nitrogens is 3. The van der Waals surface area contributed by atoms with Crippen LogP contribution in [0, 0.1) is 0 Å². The molecule has 0 atom stereocenters. The number of hydrogen-bond acceptors (Lipinski definition) is 3. The van der Waals surface area contributed by atoms with Crippen LogP contribution in [-0.2, 0) is 12.8 Å². The maximum atomic E-state index is 4.66. The first-order chi connectivity index (χ1) is 8.79. The highest BCUT2D eigenvalue weighted by atomic mass is 32.1. The second-order valence-electron chi connectivity index (χ2n) is 4.22. The monoisotopic (exact) mass is 255 g/mol. The molecule has 90 valence electrons. The molecule has 0 bridgehead atoms. The molecular formula is C14H13N3S. The minimum atomic E-state index is 0.739. The highest BCUT2D eigenvalue weighted by molar-refractivity contribution is 7.79. The van der Waals surface area contributed by atoms with Gasteiger partial charge < -0.3 is 4.57 Å². The smallest absolute Gasteiger partial charge is 0.142 e. The third-order valence-corrected chi connectivity index (χ3v) is 3.41. The number of rotatable bonds is 2. The Hall–Kier alpha value is -1.81. The number of pyridine rings is 1. The van der Waals surface area contributed by atoms with Crippen molar-refractivity contribution in [3.8, 4) is 11.4 Å². The molecule has 0 N–H and O–H groups in total. The van der Waals surface area contributed by atoms with E-state index in [-0.39, 0.29) is 0 Å². The Morgan fingerprint density at radius 3 is 2.89 bits per heavy atom.